The summed E-state index contributed by atoms with van der Waals surface area (Å²) in [6, 6.07) is -0.486. The number of halogens is 1. The minimum Gasteiger partial charge on any atom is -0.493 e. The molecule has 1 saturated heterocycles. The second-order valence-electron chi connectivity index (χ2n) is 6.03. The van der Waals surface area contributed by atoms with E-state index in [2.05, 4.69) is 48.3 Å². The van der Waals surface area contributed by atoms with Crippen LogP contribution in [0.5, 0.6) is 0 Å². The molecule has 2 aliphatic rings. The standard InChI is InChI=1S/C15H23IN2O5/c1-5-15(3,16)6-9-11(19)12(20)13(23-9)18-7-10(22-4)8(2)17-14(18)21/h7,9,11-13,19-20H,2,5-6H2,1,3-4H3,(H,17,21)/t9-,11-,12-,13?,15?/m1/s1. The van der Waals surface area contributed by atoms with Crippen LogP contribution in [0.25, 0.3) is 0 Å². The molecule has 1 fully saturated rings. The summed E-state index contributed by atoms with van der Waals surface area (Å²) in [6.45, 7) is 7.79. The van der Waals surface area contributed by atoms with E-state index < -0.39 is 30.6 Å². The molecular weight excluding hydrogens is 415 g/mol. The van der Waals surface area contributed by atoms with Gasteiger partial charge in [0.2, 0.25) is 0 Å². The number of ether oxygens (including phenoxy) is 2. The Hall–Kier alpha value is -0.840. The molecule has 0 aromatic heterocycles. The van der Waals surface area contributed by atoms with Crippen molar-refractivity contribution in [2.45, 2.75) is 54.7 Å². The van der Waals surface area contributed by atoms with Crippen molar-refractivity contribution in [3.63, 3.8) is 0 Å². The first-order valence-electron chi connectivity index (χ1n) is 7.45. The van der Waals surface area contributed by atoms with Gasteiger partial charge in [-0.3, -0.25) is 4.90 Å². The number of alkyl halides is 1. The van der Waals surface area contributed by atoms with Crippen molar-refractivity contribution in [3.8, 4) is 0 Å². The van der Waals surface area contributed by atoms with Crippen molar-refractivity contribution in [1.29, 1.82) is 0 Å². The zero-order valence-electron chi connectivity index (χ0n) is 13.5. The van der Waals surface area contributed by atoms with Crippen LogP contribution in [-0.4, -0.2) is 56.2 Å². The molecule has 23 heavy (non-hydrogen) atoms. The normalized spacial score (nSPS) is 34.0. The molecule has 0 aromatic carbocycles. The maximum Gasteiger partial charge on any atom is 0.328 e. The van der Waals surface area contributed by atoms with Gasteiger partial charge in [0.1, 0.15) is 12.2 Å². The molecule has 2 unspecified atom stereocenters. The van der Waals surface area contributed by atoms with Gasteiger partial charge in [0.25, 0.3) is 0 Å². The Morgan fingerprint density at radius 2 is 2.17 bits per heavy atom. The number of amides is 2. The second-order valence-corrected chi connectivity index (χ2v) is 8.64. The van der Waals surface area contributed by atoms with E-state index in [-0.39, 0.29) is 3.42 Å². The monoisotopic (exact) mass is 438 g/mol. The average Bonchev–Trinajstić information content (AvgIpc) is 2.75. The van der Waals surface area contributed by atoms with Crippen LogP contribution >= 0.6 is 22.6 Å². The van der Waals surface area contributed by atoms with Gasteiger partial charge in [-0.2, -0.15) is 0 Å². The Morgan fingerprint density at radius 3 is 2.74 bits per heavy atom. The van der Waals surface area contributed by atoms with Gasteiger partial charge in [-0.1, -0.05) is 43.0 Å². The fourth-order valence-corrected chi connectivity index (χ4v) is 3.01. The van der Waals surface area contributed by atoms with E-state index in [1.807, 2.05) is 0 Å². The van der Waals surface area contributed by atoms with Gasteiger partial charge < -0.3 is 25.0 Å². The quantitative estimate of drug-likeness (QED) is 0.447. The summed E-state index contributed by atoms with van der Waals surface area (Å²) in [6.07, 6.45) is -0.881. The largest absolute Gasteiger partial charge is 0.493 e. The summed E-state index contributed by atoms with van der Waals surface area (Å²) < 4.78 is 10.9. The molecule has 0 bridgehead atoms. The predicted molar refractivity (Wildman–Crippen MR) is 92.6 cm³/mol. The Bertz CT molecular complexity index is 522. The van der Waals surface area contributed by atoms with Gasteiger partial charge in [-0.05, 0) is 12.8 Å². The number of hydrogen-bond acceptors (Lipinski definition) is 5. The number of nitrogens with zero attached hydrogens (tertiary/aromatic N) is 1. The van der Waals surface area contributed by atoms with E-state index in [9.17, 15) is 15.0 Å². The highest BCUT2D eigenvalue weighted by molar-refractivity contribution is 14.1. The number of urea groups is 1. The maximum absolute atomic E-state index is 12.1. The number of hydrogen-bond donors (Lipinski definition) is 3. The molecule has 0 saturated carbocycles. The molecule has 2 heterocycles. The van der Waals surface area contributed by atoms with Gasteiger partial charge in [0.15, 0.2) is 12.0 Å². The first-order chi connectivity index (χ1) is 10.7. The van der Waals surface area contributed by atoms with Gasteiger partial charge in [-0.25, -0.2) is 4.79 Å². The van der Waals surface area contributed by atoms with Gasteiger partial charge >= 0.3 is 6.03 Å². The van der Waals surface area contributed by atoms with Crippen LogP contribution in [0.1, 0.15) is 26.7 Å². The topological polar surface area (TPSA) is 91.3 Å². The summed E-state index contributed by atoms with van der Waals surface area (Å²) in [5, 5.41) is 23.1. The van der Waals surface area contributed by atoms with Crippen molar-refractivity contribution in [3.05, 3.63) is 24.2 Å². The first kappa shape index (κ1) is 18.5. The Balaban J connectivity index is 2.19. The van der Waals surface area contributed by atoms with Gasteiger partial charge in [0, 0.05) is 3.42 Å². The second kappa shape index (κ2) is 6.96. The molecule has 130 valence electrons. The van der Waals surface area contributed by atoms with E-state index in [1.54, 1.807) is 0 Å². The number of methoxy groups -OCH3 is 1. The molecule has 0 spiro atoms. The van der Waals surface area contributed by atoms with Crippen LogP contribution < -0.4 is 5.32 Å². The molecular formula is C15H23IN2O5. The van der Waals surface area contributed by atoms with E-state index in [1.165, 1.54) is 18.2 Å². The predicted octanol–water partition coefficient (Wildman–Crippen LogP) is 1.45. The van der Waals surface area contributed by atoms with Crippen LogP contribution in [0.4, 0.5) is 4.79 Å². The third-order valence-corrected chi connectivity index (χ3v) is 5.44. The Morgan fingerprint density at radius 1 is 1.52 bits per heavy atom. The SMILES string of the molecule is C=C1NC(=O)N(C2O[C@H](CC(C)(I)CC)[C@@H](O)[C@H]2O)C=C1OC. The fourth-order valence-electron chi connectivity index (χ4n) is 2.57. The lowest BCUT2D eigenvalue weighted by Gasteiger charge is -2.32. The summed E-state index contributed by atoms with van der Waals surface area (Å²) in [7, 11) is 1.46. The first-order valence-corrected chi connectivity index (χ1v) is 8.53. The highest BCUT2D eigenvalue weighted by Crippen LogP contribution is 2.35. The van der Waals surface area contributed by atoms with Crippen molar-refractivity contribution in [2.24, 2.45) is 0 Å². The van der Waals surface area contributed by atoms with Crippen molar-refractivity contribution in [1.82, 2.24) is 10.2 Å². The van der Waals surface area contributed by atoms with Crippen LogP contribution in [-0.2, 0) is 9.47 Å². The molecule has 8 heteroatoms. The summed E-state index contributed by atoms with van der Waals surface area (Å²) >= 11 is 2.31. The lowest BCUT2D eigenvalue weighted by atomic mass is 9.97. The lowest BCUT2D eigenvalue weighted by molar-refractivity contribution is -0.0575. The number of aliphatic hydroxyl groups is 2. The van der Waals surface area contributed by atoms with E-state index in [0.29, 0.717) is 17.9 Å². The zero-order chi connectivity index (χ0) is 17.4. The zero-order valence-corrected chi connectivity index (χ0v) is 15.6. The van der Waals surface area contributed by atoms with Crippen LogP contribution in [0.15, 0.2) is 24.2 Å². The smallest absolute Gasteiger partial charge is 0.328 e. The van der Waals surface area contributed by atoms with E-state index >= 15 is 0 Å². The Labute approximate surface area is 149 Å². The third-order valence-electron chi connectivity index (χ3n) is 4.24. The summed E-state index contributed by atoms with van der Waals surface area (Å²) in [5.41, 5.74) is 0.337. The van der Waals surface area contributed by atoms with E-state index in [0.717, 1.165) is 6.42 Å². The van der Waals surface area contributed by atoms with Crippen molar-refractivity contribution in [2.75, 3.05) is 7.11 Å². The highest BCUT2D eigenvalue weighted by Gasteiger charge is 2.48. The van der Waals surface area contributed by atoms with Crippen LogP contribution in [0.2, 0.25) is 0 Å². The van der Waals surface area contributed by atoms with Crippen molar-refractivity contribution >= 4 is 28.6 Å². The third kappa shape index (κ3) is 3.81. The fraction of sp³-hybridized carbons (Fsp3) is 0.667. The van der Waals surface area contributed by atoms with Crippen LogP contribution in [0, 0.1) is 0 Å². The number of carbonyl (C=O) groups is 1. The highest BCUT2D eigenvalue weighted by atomic mass is 127. The number of rotatable bonds is 5. The molecule has 7 nitrogen and oxygen atoms in total. The van der Waals surface area contributed by atoms with Crippen LogP contribution in [0.3, 0.4) is 0 Å². The number of aliphatic hydroxyl groups excluding tert-OH is 2. The molecule has 3 N–H and O–H groups in total. The minimum atomic E-state index is -1.20. The average molecular weight is 438 g/mol. The molecule has 2 aliphatic heterocycles. The summed E-state index contributed by atoms with van der Waals surface area (Å²) in [5.74, 6) is 0.366. The molecule has 0 radical (unpaired) electrons. The molecule has 0 aliphatic carbocycles. The Kier molecular flexibility index (Phi) is 5.59. The van der Waals surface area contributed by atoms with Gasteiger partial charge in [-0.15, -0.1) is 0 Å². The minimum absolute atomic E-state index is 0.0655. The molecule has 5 atom stereocenters. The van der Waals surface area contributed by atoms with Gasteiger partial charge in [0.05, 0.1) is 25.1 Å². The summed E-state index contributed by atoms with van der Waals surface area (Å²) in [4.78, 5) is 13.3. The number of nitrogens with one attached hydrogen (secondary N) is 1. The van der Waals surface area contributed by atoms with E-state index in [4.69, 9.17) is 9.47 Å². The molecule has 2 rings (SSSR count). The lowest BCUT2D eigenvalue weighted by Crippen LogP contribution is -2.50. The maximum atomic E-state index is 12.1. The molecule has 2 amide bonds. The molecule has 0 aromatic rings. The number of carbonyl (C=O) groups excluding carboxylic acids is 1. The van der Waals surface area contributed by atoms with Crippen molar-refractivity contribution < 1.29 is 24.5 Å².